The summed E-state index contributed by atoms with van der Waals surface area (Å²) in [6.45, 7) is 30.5. The SMILES string of the molecule is CC.CC(C)(C)NC(=O)N1CCn2nc(-c3ccc4c(c3)NCC4(C)C)c(C(N)=O)c2C1.CC(C)(C)NC(=O)N1CCn2nc(-c3cccc(-c4ccccc4)c3)c(C(N)=O)c2C1.CC(C)(C)NC(=O)N1CCn2nc(-c3cncnc3)c(C(N)=O)c2C1. The van der Waals surface area contributed by atoms with Gasteiger partial charge in [-0.2, -0.15) is 15.3 Å². The molecular formula is C64H84N18O6. The number of anilines is 1. The molecular weight excluding hydrogens is 1120 g/mol. The number of nitrogens with one attached hydrogen (secondary N) is 4. The first kappa shape index (κ1) is 64.4. The van der Waals surface area contributed by atoms with Gasteiger partial charge in [-0.15, -0.1) is 0 Å². The normalized spacial score (nSPS) is 14.7. The number of fused-ring (bicyclic) bond motifs is 4. The lowest BCUT2D eigenvalue weighted by Gasteiger charge is -2.31. The topological polar surface area (TPSA) is 318 Å². The van der Waals surface area contributed by atoms with Gasteiger partial charge in [0.1, 0.15) is 23.4 Å². The minimum absolute atomic E-state index is 0.0642. The summed E-state index contributed by atoms with van der Waals surface area (Å²) >= 11 is 0. The lowest BCUT2D eigenvalue weighted by molar-refractivity contribution is 0.0989. The monoisotopic (exact) mass is 1200 g/mol. The average molecular weight is 1200 g/mol. The summed E-state index contributed by atoms with van der Waals surface area (Å²) in [5.74, 6) is -1.66. The number of nitrogens with two attached hydrogens (primary N) is 3. The Hall–Kier alpha value is -9.61. The third-order valence-corrected chi connectivity index (χ3v) is 14.8. The summed E-state index contributed by atoms with van der Waals surface area (Å²) in [5.41, 5.74) is 27.5. The number of hydrogen-bond acceptors (Lipinski definition) is 12. The van der Waals surface area contributed by atoms with Crippen LogP contribution in [0.5, 0.6) is 0 Å². The Kier molecular flexibility index (Phi) is 18.9. The van der Waals surface area contributed by atoms with Crippen molar-refractivity contribution in [2.45, 2.75) is 151 Å². The van der Waals surface area contributed by atoms with Crippen LogP contribution in [0.3, 0.4) is 0 Å². The molecule has 24 nitrogen and oxygen atoms in total. The highest BCUT2D eigenvalue weighted by Crippen LogP contribution is 2.40. The van der Waals surface area contributed by atoms with Gasteiger partial charge in [-0.1, -0.05) is 88.4 Å². The number of urea groups is 3. The molecule has 0 saturated carbocycles. The molecule has 10 N–H and O–H groups in total. The number of rotatable bonds is 7. The van der Waals surface area contributed by atoms with E-state index in [4.69, 9.17) is 27.4 Å². The van der Waals surface area contributed by atoms with E-state index in [0.717, 1.165) is 34.5 Å². The van der Waals surface area contributed by atoms with Crippen molar-refractivity contribution in [3.8, 4) is 44.9 Å². The van der Waals surface area contributed by atoms with Crippen molar-refractivity contribution in [2.75, 3.05) is 31.5 Å². The van der Waals surface area contributed by atoms with E-state index in [-0.39, 0.29) is 53.2 Å². The van der Waals surface area contributed by atoms with E-state index in [2.05, 4.69) is 56.2 Å². The molecule has 9 amide bonds. The van der Waals surface area contributed by atoms with Crippen LogP contribution in [0.25, 0.3) is 44.9 Å². The first-order chi connectivity index (χ1) is 41.4. The largest absolute Gasteiger partial charge is 0.384 e. The van der Waals surface area contributed by atoms with Crippen LogP contribution in [0.15, 0.2) is 91.5 Å². The van der Waals surface area contributed by atoms with Crippen molar-refractivity contribution in [2.24, 2.45) is 17.2 Å². The molecule has 8 heterocycles. The standard InChI is InChI=1S/C24H27N5O2.C22H30N6O2.C16H21N7O2.C2H6/c1-24(2,3)26-23(31)28-12-13-29-19(15-28)20(22(25)30)21(27-29)18-11-7-10-17(14-18)16-8-5-4-6-9-16;1-21(2,3)25-20(30)27-8-9-28-16(11-27)17(19(23)29)18(26-28)13-6-7-14-15(10-13)24-12-22(14,4)5;1-16(2,3)20-15(25)22-4-5-23-11(8-22)12(14(17)24)13(21-23)10-6-18-9-19-7-10;1-2/h4-11,14H,12-13,15H2,1-3H3,(H2,25,30)(H,26,31);6-7,10,24H,8-9,11-12H2,1-5H3,(H2,23,29)(H,25,30);6-7,9H,4-5,8H2,1-3H3,(H2,17,24)(H,20,25);1-2H3. The van der Waals surface area contributed by atoms with E-state index >= 15 is 0 Å². The van der Waals surface area contributed by atoms with Crippen molar-refractivity contribution in [3.05, 3.63) is 131 Å². The Morgan fingerprint density at radius 3 is 1.25 bits per heavy atom. The van der Waals surface area contributed by atoms with E-state index < -0.39 is 17.7 Å². The summed E-state index contributed by atoms with van der Waals surface area (Å²) in [6.07, 6.45) is 4.57. The van der Waals surface area contributed by atoms with Gasteiger partial charge in [-0.25, -0.2) is 24.4 Å². The van der Waals surface area contributed by atoms with Crippen LogP contribution >= 0.6 is 0 Å². The van der Waals surface area contributed by atoms with Gasteiger partial charge in [-0.3, -0.25) is 28.4 Å². The number of amides is 9. The maximum atomic E-state index is 12.7. The molecule has 0 fully saturated rings. The highest BCUT2D eigenvalue weighted by molar-refractivity contribution is 6.02. The fraction of sp³-hybridized carbons (Fsp3) is 0.422. The molecule has 0 bridgehead atoms. The van der Waals surface area contributed by atoms with E-state index in [1.807, 2.05) is 143 Å². The maximum absolute atomic E-state index is 12.7. The molecule has 7 aromatic rings. The molecule has 466 valence electrons. The molecule has 4 aliphatic heterocycles. The highest BCUT2D eigenvalue weighted by Gasteiger charge is 2.36. The zero-order valence-corrected chi connectivity index (χ0v) is 52.8. The van der Waals surface area contributed by atoms with Crippen LogP contribution in [0.4, 0.5) is 20.1 Å². The Labute approximate surface area is 514 Å². The smallest absolute Gasteiger partial charge is 0.318 e. The summed E-state index contributed by atoms with van der Waals surface area (Å²) in [7, 11) is 0. The molecule has 11 rings (SSSR count). The van der Waals surface area contributed by atoms with Crippen LogP contribution in [0.1, 0.15) is 144 Å². The highest BCUT2D eigenvalue weighted by atomic mass is 16.2. The summed E-state index contributed by atoms with van der Waals surface area (Å²) < 4.78 is 5.33. The van der Waals surface area contributed by atoms with E-state index in [1.54, 1.807) is 41.1 Å². The Bertz CT molecular complexity index is 3730. The van der Waals surface area contributed by atoms with Gasteiger partial charge in [0, 0.05) is 83.0 Å². The van der Waals surface area contributed by atoms with Gasteiger partial charge in [0.15, 0.2) is 0 Å². The third-order valence-electron chi connectivity index (χ3n) is 14.8. The van der Waals surface area contributed by atoms with Gasteiger partial charge in [0.05, 0.1) is 73.0 Å². The number of carbonyl (C=O) groups excluding carboxylic acids is 6. The van der Waals surface area contributed by atoms with E-state index in [9.17, 15) is 28.8 Å². The lowest BCUT2D eigenvalue weighted by Crippen LogP contribution is -2.50. The van der Waals surface area contributed by atoms with Crippen LogP contribution in [0.2, 0.25) is 0 Å². The van der Waals surface area contributed by atoms with Crippen molar-refractivity contribution >= 4 is 41.5 Å². The number of benzene rings is 3. The molecule has 0 saturated heterocycles. The fourth-order valence-electron chi connectivity index (χ4n) is 10.8. The Morgan fingerprint density at radius 2 is 0.852 bits per heavy atom. The lowest BCUT2D eigenvalue weighted by atomic mass is 9.86. The molecule has 0 unspecified atom stereocenters. The number of carbonyl (C=O) groups is 6. The van der Waals surface area contributed by atoms with Crippen LogP contribution in [-0.2, 0) is 44.7 Å². The first-order valence-electron chi connectivity index (χ1n) is 29.6. The number of hydrogen-bond donors (Lipinski definition) is 7. The van der Waals surface area contributed by atoms with Crippen LogP contribution in [0, 0.1) is 0 Å². The average Bonchev–Trinajstić information content (AvgIpc) is 2.18. The number of primary amides is 3. The zero-order chi connectivity index (χ0) is 64.2. The molecule has 0 spiro atoms. The fourth-order valence-corrected chi connectivity index (χ4v) is 10.8. The van der Waals surface area contributed by atoms with E-state index in [0.29, 0.717) is 102 Å². The first-order valence-corrected chi connectivity index (χ1v) is 29.6. The summed E-state index contributed by atoms with van der Waals surface area (Å²) in [6, 6.07) is 23.6. The van der Waals surface area contributed by atoms with E-state index in [1.165, 1.54) is 11.9 Å². The minimum atomic E-state index is -0.585. The summed E-state index contributed by atoms with van der Waals surface area (Å²) in [4.78, 5) is 87.6. The molecule has 88 heavy (non-hydrogen) atoms. The van der Waals surface area contributed by atoms with Crippen molar-refractivity contribution in [3.63, 3.8) is 0 Å². The van der Waals surface area contributed by atoms with Crippen molar-refractivity contribution in [1.82, 2.24) is 70.0 Å². The predicted octanol–water partition coefficient (Wildman–Crippen LogP) is 8.10. The van der Waals surface area contributed by atoms with Gasteiger partial charge in [0.25, 0.3) is 17.7 Å². The third kappa shape index (κ3) is 14.8. The molecule has 4 aromatic heterocycles. The molecule has 0 atom stereocenters. The van der Waals surface area contributed by atoms with Gasteiger partial charge in [-0.05, 0) is 91.1 Å². The van der Waals surface area contributed by atoms with Crippen LogP contribution in [-0.4, -0.2) is 133 Å². The molecule has 24 heteroatoms. The number of aromatic nitrogens is 8. The second-order valence-corrected chi connectivity index (χ2v) is 25.6. The second kappa shape index (κ2) is 25.8. The van der Waals surface area contributed by atoms with Crippen LogP contribution < -0.4 is 38.5 Å². The predicted molar refractivity (Wildman–Crippen MR) is 339 cm³/mol. The number of nitrogens with zero attached hydrogens (tertiary/aromatic N) is 11. The Morgan fingerprint density at radius 1 is 0.477 bits per heavy atom. The van der Waals surface area contributed by atoms with Gasteiger partial charge < -0.3 is 53.2 Å². The van der Waals surface area contributed by atoms with Crippen molar-refractivity contribution in [1.29, 1.82) is 0 Å². The molecule has 0 aliphatic carbocycles. The zero-order valence-electron chi connectivity index (χ0n) is 52.8. The summed E-state index contributed by atoms with van der Waals surface area (Å²) in [5, 5.41) is 26.2. The van der Waals surface area contributed by atoms with Crippen molar-refractivity contribution < 1.29 is 28.8 Å². The Balaban J connectivity index is 0.000000169. The minimum Gasteiger partial charge on any atom is -0.384 e. The quantitative estimate of drug-likeness (QED) is 0.0796. The molecule has 3 aromatic carbocycles. The van der Waals surface area contributed by atoms with Gasteiger partial charge >= 0.3 is 18.1 Å². The molecule has 0 radical (unpaired) electrons. The van der Waals surface area contributed by atoms with Gasteiger partial charge in [0.2, 0.25) is 0 Å². The molecule has 4 aliphatic rings. The second-order valence-electron chi connectivity index (χ2n) is 25.6. The maximum Gasteiger partial charge on any atom is 0.318 e.